The van der Waals surface area contributed by atoms with Gasteiger partial charge in [0.2, 0.25) is 0 Å². The van der Waals surface area contributed by atoms with Gasteiger partial charge in [0, 0.05) is 38.1 Å². The molecule has 6 nitrogen and oxygen atoms in total. The molecule has 124 valence electrons. The minimum atomic E-state index is -0.221. The number of amides is 2. The number of nitrogens with one attached hydrogen (secondary N) is 2. The number of benzene rings is 1. The number of aliphatic hydroxyl groups is 1. The molecule has 3 N–H and O–H groups in total. The zero-order valence-corrected chi connectivity index (χ0v) is 13.6. The maximum Gasteiger partial charge on any atom is 0.315 e. The van der Waals surface area contributed by atoms with Crippen molar-refractivity contribution in [3.63, 3.8) is 0 Å². The van der Waals surface area contributed by atoms with E-state index in [9.17, 15) is 4.79 Å². The number of hydrogen-bond donors (Lipinski definition) is 3. The van der Waals surface area contributed by atoms with Gasteiger partial charge in [0.05, 0.1) is 0 Å². The van der Waals surface area contributed by atoms with Gasteiger partial charge >= 0.3 is 6.03 Å². The van der Waals surface area contributed by atoms with Crippen LogP contribution in [0, 0.1) is 6.92 Å². The van der Waals surface area contributed by atoms with Gasteiger partial charge in [0.1, 0.15) is 5.82 Å². The van der Waals surface area contributed by atoms with Gasteiger partial charge in [0.15, 0.2) is 0 Å². The fourth-order valence-corrected chi connectivity index (χ4v) is 2.33. The first-order chi connectivity index (χ1) is 11.1. The Morgan fingerprint density at radius 3 is 2.87 bits per heavy atom. The lowest BCUT2D eigenvalue weighted by molar-refractivity contribution is 0.230. The molecule has 23 heavy (non-hydrogen) atoms. The highest BCUT2D eigenvalue weighted by molar-refractivity contribution is 5.74. The van der Waals surface area contributed by atoms with Crippen LogP contribution >= 0.6 is 0 Å². The summed E-state index contributed by atoms with van der Waals surface area (Å²) in [5, 5.41) is 14.5. The maximum atomic E-state index is 11.8. The molecule has 0 saturated heterocycles. The van der Waals surface area contributed by atoms with Crippen LogP contribution in [0.1, 0.15) is 30.3 Å². The van der Waals surface area contributed by atoms with Crippen molar-refractivity contribution in [1.82, 2.24) is 20.2 Å². The topological polar surface area (TPSA) is 79.2 Å². The lowest BCUT2D eigenvalue weighted by Crippen LogP contribution is -2.40. The third-order valence-electron chi connectivity index (χ3n) is 3.66. The molecule has 0 spiro atoms. The monoisotopic (exact) mass is 316 g/mol. The highest BCUT2D eigenvalue weighted by Crippen LogP contribution is 2.08. The second kappa shape index (κ2) is 8.33. The summed E-state index contributed by atoms with van der Waals surface area (Å²) < 4.78 is 2.08. The first kappa shape index (κ1) is 17.0. The van der Waals surface area contributed by atoms with Gasteiger partial charge in [-0.05, 0) is 31.4 Å². The van der Waals surface area contributed by atoms with E-state index >= 15 is 0 Å². The van der Waals surface area contributed by atoms with Crippen molar-refractivity contribution >= 4 is 6.03 Å². The standard InChI is InChI=1S/C17H24N4O2/c1-13(6-9-22)20-17(23)19-11-15-4-3-5-16(10-15)12-21-8-7-18-14(21)2/h3-5,7-8,10,13,22H,6,9,11-12H2,1-2H3,(H2,19,20,23)/t13-/m1/s1. The molecule has 0 unspecified atom stereocenters. The van der Waals surface area contributed by atoms with Crippen LogP contribution in [0.15, 0.2) is 36.7 Å². The molecule has 6 heteroatoms. The van der Waals surface area contributed by atoms with Crippen molar-refractivity contribution in [2.24, 2.45) is 0 Å². The number of rotatable bonds is 7. The molecule has 0 radical (unpaired) electrons. The Balaban J connectivity index is 1.87. The summed E-state index contributed by atoms with van der Waals surface area (Å²) in [6.45, 7) is 5.14. The summed E-state index contributed by atoms with van der Waals surface area (Å²) in [6, 6.07) is 7.85. The molecule has 0 saturated carbocycles. The smallest absolute Gasteiger partial charge is 0.315 e. The predicted molar refractivity (Wildman–Crippen MR) is 89.0 cm³/mol. The normalized spacial score (nSPS) is 12.0. The number of aromatic nitrogens is 2. The first-order valence-corrected chi connectivity index (χ1v) is 7.79. The molecule has 1 atom stereocenters. The van der Waals surface area contributed by atoms with E-state index in [2.05, 4.69) is 32.3 Å². The van der Waals surface area contributed by atoms with Crippen LogP contribution in [-0.2, 0) is 13.1 Å². The van der Waals surface area contributed by atoms with Gasteiger partial charge in [-0.3, -0.25) is 0 Å². The number of hydrogen-bond acceptors (Lipinski definition) is 3. The van der Waals surface area contributed by atoms with Crippen LogP contribution in [0.25, 0.3) is 0 Å². The van der Waals surface area contributed by atoms with Crippen LogP contribution in [-0.4, -0.2) is 33.3 Å². The quantitative estimate of drug-likeness (QED) is 0.729. The van der Waals surface area contributed by atoms with Gasteiger partial charge in [-0.25, -0.2) is 9.78 Å². The van der Waals surface area contributed by atoms with Gasteiger partial charge < -0.3 is 20.3 Å². The average Bonchev–Trinajstić information content (AvgIpc) is 2.91. The van der Waals surface area contributed by atoms with Crippen LogP contribution in [0.3, 0.4) is 0 Å². The molecule has 0 bridgehead atoms. The van der Waals surface area contributed by atoms with Crippen molar-refractivity contribution in [1.29, 1.82) is 0 Å². The molecule has 2 amide bonds. The highest BCUT2D eigenvalue weighted by Gasteiger charge is 2.06. The van der Waals surface area contributed by atoms with Gasteiger partial charge in [-0.15, -0.1) is 0 Å². The molecule has 1 aromatic heterocycles. The zero-order chi connectivity index (χ0) is 16.7. The number of imidazole rings is 1. The second-order valence-corrected chi connectivity index (χ2v) is 5.66. The molecule has 2 rings (SSSR count). The van der Waals surface area contributed by atoms with Crippen molar-refractivity contribution in [2.45, 2.75) is 39.4 Å². The molecule has 0 aliphatic rings. The summed E-state index contributed by atoms with van der Waals surface area (Å²) in [6.07, 6.45) is 4.29. The number of carbonyl (C=O) groups is 1. The summed E-state index contributed by atoms with van der Waals surface area (Å²) >= 11 is 0. The maximum absolute atomic E-state index is 11.8. The zero-order valence-electron chi connectivity index (χ0n) is 13.6. The molecule has 2 aromatic rings. The fourth-order valence-electron chi connectivity index (χ4n) is 2.33. The Morgan fingerprint density at radius 1 is 1.39 bits per heavy atom. The number of aliphatic hydroxyl groups excluding tert-OH is 1. The van der Waals surface area contributed by atoms with Gasteiger partial charge in [-0.2, -0.15) is 0 Å². The van der Waals surface area contributed by atoms with Crippen LogP contribution in [0.5, 0.6) is 0 Å². The van der Waals surface area contributed by atoms with Crippen molar-refractivity contribution in [3.8, 4) is 0 Å². The lowest BCUT2D eigenvalue weighted by atomic mass is 10.1. The highest BCUT2D eigenvalue weighted by atomic mass is 16.3. The van der Waals surface area contributed by atoms with Crippen LogP contribution in [0.4, 0.5) is 4.79 Å². The predicted octanol–water partition coefficient (Wildman–Crippen LogP) is 1.81. The van der Waals surface area contributed by atoms with Crippen LogP contribution < -0.4 is 10.6 Å². The Kier molecular flexibility index (Phi) is 6.17. The minimum absolute atomic E-state index is 0.0458. The van der Waals surface area contributed by atoms with Crippen molar-refractivity contribution in [3.05, 3.63) is 53.6 Å². The Hall–Kier alpha value is -2.34. The average molecular weight is 316 g/mol. The third-order valence-corrected chi connectivity index (χ3v) is 3.66. The molecule has 0 fully saturated rings. The summed E-state index contributed by atoms with van der Waals surface area (Å²) in [4.78, 5) is 16.0. The minimum Gasteiger partial charge on any atom is -0.396 e. The fraction of sp³-hybridized carbons (Fsp3) is 0.412. The number of aryl methyl sites for hydroxylation is 1. The lowest BCUT2D eigenvalue weighted by Gasteiger charge is -2.14. The number of urea groups is 1. The van der Waals surface area contributed by atoms with E-state index in [1.165, 1.54) is 5.56 Å². The van der Waals surface area contributed by atoms with E-state index in [-0.39, 0.29) is 18.7 Å². The molecule has 0 aliphatic heterocycles. The second-order valence-electron chi connectivity index (χ2n) is 5.66. The van der Waals surface area contributed by atoms with E-state index in [0.29, 0.717) is 13.0 Å². The molecule has 1 heterocycles. The van der Waals surface area contributed by atoms with Crippen LogP contribution in [0.2, 0.25) is 0 Å². The summed E-state index contributed by atoms with van der Waals surface area (Å²) in [7, 11) is 0. The molecular formula is C17H24N4O2. The molecule has 1 aromatic carbocycles. The Bertz CT molecular complexity index is 639. The van der Waals surface area contributed by atoms with E-state index in [0.717, 1.165) is 17.9 Å². The van der Waals surface area contributed by atoms with E-state index < -0.39 is 0 Å². The van der Waals surface area contributed by atoms with Crippen molar-refractivity contribution < 1.29 is 9.90 Å². The Labute approximate surface area is 136 Å². The number of carbonyl (C=O) groups excluding carboxylic acids is 1. The van der Waals surface area contributed by atoms with Crippen molar-refractivity contribution in [2.75, 3.05) is 6.61 Å². The summed E-state index contributed by atoms with van der Waals surface area (Å²) in [5.74, 6) is 0.978. The van der Waals surface area contributed by atoms with Gasteiger partial charge in [0.25, 0.3) is 0 Å². The first-order valence-electron chi connectivity index (χ1n) is 7.79. The largest absolute Gasteiger partial charge is 0.396 e. The van der Waals surface area contributed by atoms with Gasteiger partial charge in [-0.1, -0.05) is 24.3 Å². The third kappa shape index (κ3) is 5.41. The Morgan fingerprint density at radius 2 is 2.17 bits per heavy atom. The molecular weight excluding hydrogens is 292 g/mol. The SMILES string of the molecule is Cc1nccn1Cc1cccc(CNC(=O)N[C@H](C)CCO)c1. The number of nitrogens with zero attached hydrogens (tertiary/aromatic N) is 2. The van der Waals surface area contributed by atoms with E-state index in [4.69, 9.17) is 5.11 Å². The van der Waals surface area contributed by atoms with E-state index in [1.807, 2.05) is 32.2 Å². The molecule has 0 aliphatic carbocycles. The summed E-state index contributed by atoms with van der Waals surface area (Å²) in [5.41, 5.74) is 2.21. The van der Waals surface area contributed by atoms with E-state index in [1.54, 1.807) is 6.20 Å².